The molecule has 0 fully saturated rings. The SMILES string of the molecule is CCCOc1ccc(C(=O)N/N=C/c2cc(Br)c(OCC(=O)Nc3ccc(Cl)cc3)c(OC)c2)cc1OC. The molecule has 11 heteroatoms. The first-order chi connectivity index (χ1) is 18.3. The third-order valence-electron chi connectivity index (χ3n) is 4.99. The molecule has 38 heavy (non-hydrogen) atoms. The van der Waals surface area contributed by atoms with Gasteiger partial charge < -0.3 is 24.3 Å². The Hall–Kier alpha value is -3.76. The molecule has 0 atom stereocenters. The molecule has 0 aliphatic rings. The average Bonchev–Trinajstić information content (AvgIpc) is 2.92. The second-order valence-electron chi connectivity index (χ2n) is 7.79. The Kier molecular flexibility index (Phi) is 10.8. The van der Waals surface area contributed by atoms with Gasteiger partial charge in [-0.3, -0.25) is 9.59 Å². The van der Waals surface area contributed by atoms with Gasteiger partial charge in [0, 0.05) is 16.3 Å². The largest absolute Gasteiger partial charge is 0.493 e. The number of anilines is 1. The molecule has 0 bridgehead atoms. The first kappa shape index (κ1) is 28.8. The molecule has 0 aliphatic heterocycles. The highest BCUT2D eigenvalue weighted by molar-refractivity contribution is 9.10. The van der Waals surface area contributed by atoms with Crippen LogP contribution in [0.5, 0.6) is 23.0 Å². The number of halogens is 2. The number of ether oxygens (including phenoxy) is 4. The van der Waals surface area contributed by atoms with Crippen LogP contribution in [-0.2, 0) is 4.79 Å². The van der Waals surface area contributed by atoms with E-state index in [4.69, 9.17) is 30.5 Å². The van der Waals surface area contributed by atoms with Crippen molar-refractivity contribution in [1.29, 1.82) is 0 Å². The minimum Gasteiger partial charge on any atom is -0.493 e. The highest BCUT2D eigenvalue weighted by Crippen LogP contribution is 2.36. The fourth-order valence-corrected chi connectivity index (χ4v) is 3.89. The van der Waals surface area contributed by atoms with Crippen LogP contribution in [-0.4, -0.2) is 45.5 Å². The van der Waals surface area contributed by atoms with Crippen LogP contribution in [0.3, 0.4) is 0 Å². The van der Waals surface area contributed by atoms with Gasteiger partial charge in [0.1, 0.15) is 0 Å². The zero-order chi connectivity index (χ0) is 27.5. The number of carbonyl (C=O) groups is 2. The molecular weight excluding hydrogens is 578 g/mol. The lowest BCUT2D eigenvalue weighted by Gasteiger charge is -2.13. The zero-order valence-corrected chi connectivity index (χ0v) is 23.4. The van der Waals surface area contributed by atoms with Gasteiger partial charge in [-0.1, -0.05) is 18.5 Å². The molecule has 0 saturated heterocycles. The van der Waals surface area contributed by atoms with Crippen LogP contribution in [0.2, 0.25) is 5.02 Å². The van der Waals surface area contributed by atoms with Crippen LogP contribution in [0.4, 0.5) is 5.69 Å². The van der Waals surface area contributed by atoms with Crippen molar-refractivity contribution in [3.05, 3.63) is 75.2 Å². The first-order valence-corrected chi connectivity index (χ1v) is 12.7. The lowest BCUT2D eigenvalue weighted by molar-refractivity contribution is -0.118. The number of hydrazone groups is 1. The maximum Gasteiger partial charge on any atom is 0.271 e. The van der Waals surface area contributed by atoms with Gasteiger partial charge in [-0.2, -0.15) is 5.10 Å². The second-order valence-corrected chi connectivity index (χ2v) is 9.08. The maximum absolute atomic E-state index is 12.5. The molecule has 9 nitrogen and oxygen atoms in total. The van der Waals surface area contributed by atoms with Crippen LogP contribution < -0.4 is 29.7 Å². The van der Waals surface area contributed by atoms with E-state index >= 15 is 0 Å². The molecular formula is C27H27BrClN3O6. The Balaban J connectivity index is 1.62. The molecule has 3 aromatic carbocycles. The Labute approximate surface area is 234 Å². The van der Waals surface area contributed by atoms with E-state index in [-0.39, 0.29) is 12.5 Å². The molecule has 2 N–H and O–H groups in total. The smallest absolute Gasteiger partial charge is 0.271 e. The fourth-order valence-electron chi connectivity index (χ4n) is 3.19. The third-order valence-corrected chi connectivity index (χ3v) is 5.84. The van der Waals surface area contributed by atoms with Crippen molar-refractivity contribution in [2.75, 3.05) is 32.8 Å². The van der Waals surface area contributed by atoms with Crippen molar-refractivity contribution >= 4 is 51.2 Å². The van der Waals surface area contributed by atoms with E-state index < -0.39 is 5.91 Å². The molecule has 2 amide bonds. The van der Waals surface area contributed by atoms with Gasteiger partial charge in [-0.15, -0.1) is 0 Å². The average molecular weight is 605 g/mol. The van der Waals surface area contributed by atoms with Gasteiger partial charge in [0.25, 0.3) is 11.8 Å². The minimum absolute atomic E-state index is 0.243. The summed E-state index contributed by atoms with van der Waals surface area (Å²) in [6.45, 7) is 2.31. The van der Waals surface area contributed by atoms with E-state index in [2.05, 4.69) is 31.8 Å². The molecule has 0 aromatic heterocycles. The number of hydrogen-bond acceptors (Lipinski definition) is 7. The standard InChI is InChI=1S/C27H27BrClN3O6/c1-4-11-37-22-10-5-18(14-23(22)35-2)27(34)32-30-15-17-12-21(28)26(24(13-17)36-3)38-16-25(33)31-20-8-6-19(29)7-9-20/h5-10,12-15H,4,11,16H2,1-3H3,(H,31,33)(H,32,34)/b30-15+. The summed E-state index contributed by atoms with van der Waals surface area (Å²) in [5.74, 6) is 0.976. The summed E-state index contributed by atoms with van der Waals surface area (Å²) in [6.07, 6.45) is 2.31. The lowest BCUT2D eigenvalue weighted by atomic mass is 10.2. The molecule has 0 heterocycles. The topological polar surface area (TPSA) is 107 Å². The van der Waals surface area contributed by atoms with Gasteiger partial charge in [0.15, 0.2) is 29.6 Å². The predicted octanol–water partition coefficient (Wildman–Crippen LogP) is 5.69. The number of carbonyl (C=O) groups excluding carboxylic acids is 2. The summed E-state index contributed by atoms with van der Waals surface area (Å²) >= 11 is 9.30. The van der Waals surface area contributed by atoms with Crippen molar-refractivity contribution in [2.45, 2.75) is 13.3 Å². The number of nitrogens with one attached hydrogen (secondary N) is 2. The minimum atomic E-state index is -0.417. The monoisotopic (exact) mass is 603 g/mol. The summed E-state index contributed by atoms with van der Waals surface area (Å²) in [7, 11) is 2.99. The molecule has 0 radical (unpaired) electrons. The van der Waals surface area contributed by atoms with E-state index in [0.29, 0.717) is 55.9 Å². The zero-order valence-electron chi connectivity index (χ0n) is 21.0. The number of benzene rings is 3. The van der Waals surface area contributed by atoms with Crippen molar-refractivity contribution in [3.63, 3.8) is 0 Å². The van der Waals surface area contributed by atoms with Crippen molar-refractivity contribution in [2.24, 2.45) is 5.10 Å². The van der Waals surface area contributed by atoms with E-state index in [1.807, 2.05) is 6.92 Å². The highest BCUT2D eigenvalue weighted by Gasteiger charge is 2.14. The van der Waals surface area contributed by atoms with Gasteiger partial charge in [0.05, 0.1) is 31.5 Å². The predicted molar refractivity (Wildman–Crippen MR) is 150 cm³/mol. The van der Waals surface area contributed by atoms with E-state index in [1.54, 1.807) is 54.6 Å². The number of methoxy groups -OCH3 is 2. The molecule has 0 aliphatic carbocycles. The summed E-state index contributed by atoms with van der Waals surface area (Å²) in [5.41, 5.74) is 4.07. The molecule has 3 aromatic rings. The number of nitrogens with zero attached hydrogens (tertiary/aromatic N) is 1. The van der Waals surface area contributed by atoms with Crippen molar-refractivity contribution in [3.8, 4) is 23.0 Å². The lowest BCUT2D eigenvalue weighted by Crippen LogP contribution is -2.20. The van der Waals surface area contributed by atoms with Crippen LogP contribution in [0, 0.1) is 0 Å². The first-order valence-electron chi connectivity index (χ1n) is 11.5. The van der Waals surface area contributed by atoms with Gasteiger partial charge >= 0.3 is 0 Å². The van der Waals surface area contributed by atoms with Gasteiger partial charge in [-0.05, 0) is 82.5 Å². The Morgan fingerprint density at radius 3 is 2.39 bits per heavy atom. The van der Waals surface area contributed by atoms with Crippen LogP contribution in [0.1, 0.15) is 29.3 Å². The van der Waals surface area contributed by atoms with E-state index in [9.17, 15) is 9.59 Å². The van der Waals surface area contributed by atoms with E-state index in [0.717, 1.165) is 6.42 Å². The van der Waals surface area contributed by atoms with E-state index in [1.165, 1.54) is 20.4 Å². The van der Waals surface area contributed by atoms with Crippen LogP contribution in [0.15, 0.2) is 64.2 Å². The fraction of sp³-hybridized carbons (Fsp3) is 0.222. The molecule has 3 rings (SSSR count). The maximum atomic E-state index is 12.5. The highest BCUT2D eigenvalue weighted by atomic mass is 79.9. The molecule has 0 spiro atoms. The molecule has 200 valence electrons. The van der Waals surface area contributed by atoms with Crippen LogP contribution in [0.25, 0.3) is 0 Å². The number of amides is 2. The van der Waals surface area contributed by atoms with Crippen molar-refractivity contribution < 1.29 is 28.5 Å². The Morgan fingerprint density at radius 2 is 1.71 bits per heavy atom. The normalized spacial score (nSPS) is 10.7. The van der Waals surface area contributed by atoms with Crippen molar-refractivity contribution in [1.82, 2.24) is 5.43 Å². The second kappa shape index (κ2) is 14.3. The van der Waals surface area contributed by atoms with Crippen LogP contribution >= 0.6 is 27.5 Å². The summed E-state index contributed by atoms with van der Waals surface area (Å²) in [5, 5.41) is 7.33. The quantitative estimate of drug-likeness (QED) is 0.203. The summed E-state index contributed by atoms with van der Waals surface area (Å²) < 4.78 is 22.6. The molecule has 0 unspecified atom stereocenters. The van der Waals surface area contributed by atoms with Gasteiger partial charge in [-0.25, -0.2) is 5.43 Å². The number of rotatable bonds is 12. The van der Waals surface area contributed by atoms with Gasteiger partial charge in [0.2, 0.25) is 0 Å². The summed E-state index contributed by atoms with van der Waals surface area (Å²) in [4.78, 5) is 24.8. The molecule has 0 saturated carbocycles. The third kappa shape index (κ3) is 8.12. The Bertz CT molecular complexity index is 1300. The number of hydrogen-bond donors (Lipinski definition) is 2. The Morgan fingerprint density at radius 1 is 0.974 bits per heavy atom. The summed E-state index contributed by atoms with van der Waals surface area (Å²) in [6, 6.07) is 15.0.